The van der Waals surface area contributed by atoms with E-state index < -0.39 is 0 Å². The molecule has 8 heteroatoms. The molecular weight excluding hydrogens is 392 g/mol. The predicted octanol–water partition coefficient (Wildman–Crippen LogP) is 2.47. The van der Waals surface area contributed by atoms with Gasteiger partial charge in [-0.1, -0.05) is 18.6 Å². The third-order valence-electron chi connectivity index (χ3n) is 6.51. The number of rotatable bonds is 3. The quantitative estimate of drug-likeness (QED) is 0.751. The molecule has 1 saturated heterocycles. The Morgan fingerprint density at radius 1 is 1.13 bits per heavy atom. The third-order valence-corrected chi connectivity index (χ3v) is 6.51. The van der Waals surface area contributed by atoms with Crippen LogP contribution in [0.15, 0.2) is 24.3 Å². The maximum absolute atomic E-state index is 13.0. The van der Waals surface area contributed by atoms with Crippen molar-refractivity contribution in [3.63, 3.8) is 0 Å². The molecule has 4 rings (SSSR count). The highest BCUT2D eigenvalue weighted by atomic mass is 16.5. The van der Waals surface area contributed by atoms with Crippen LogP contribution in [0.3, 0.4) is 0 Å². The summed E-state index contributed by atoms with van der Waals surface area (Å²) in [4.78, 5) is 17.7. The van der Waals surface area contributed by atoms with Crippen LogP contribution >= 0.6 is 0 Å². The van der Waals surface area contributed by atoms with Crippen molar-refractivity contribution >= 4 is 5.91 Å². The molecule has 0 spiro atoms. The van der Waals surface area contributed by atoms with Gasteiger partial charge in [0.05, 0.1) is 13.2 Å². The second-order valence-corrected chi connectivity index (χ2v) is 8.65. The van der Waals surface area contributed by atoms with Gasteiger partial charge in [0.2, 0.25) is 5.91 Å². The Morgan fingerprint density at radius 2 is 2.06 bits per heavy atom. The number of hydrogen-bond acceptors (Lipinski definition) is 6. The lowest BCUT2D eigenvalue weighted by atomic mass is 9.95. The maximum atomic E-state index is 13.0. The topological polar surface area (TPSA) is 76.4 Å². The Balaban J connectivity index is 1.42. The van der Waals surface area contributed by atoms with Crippen molar-refractivity contribution in [2.24, 2.45) is 0 Å². The standard InChI is InChI=1S/C23H34N6O2/c1-19-24-25-26-29(19)14-11-23(30)28-13-5-17-31-22-8-4-6-20(18-22)9-10-21-7-2-3-12-27(21)15-16-28/h4,6,8,18,21H,2-3,5,7,9-17H2,1H3. The summed E-state index contributed by atoms with van der Waals surface area (Å²) >= 11 is 0. The molecule has 168 valence electrons. The van der Waals surface area contributed by atoms with Gasteiger partial charge < -0.3 is 9.64 Å². The lowest BCUT2D eigenvalue weighted by molar-refractivity contribution is -0.132. The molecule has 0 N–H and O–H groups in total. The van der Waals surface area contributed by atoms with E-state index in [0.29, 0.717) is 32.2 Å². The van der Waals surface area contributed by atoms with Crippen LogP contribution in [0.1, 0.15) is 49.9 Å². The van der Waals surface area contributed by atoms with Gasteiger partial charge in [0.15, 0.2) is 0 Å². The van der Waals surface area contributed by atoms with Gasteiger partial charge in [-0.2, -0.15) is 0 Å². The molecule has 2 aliphatic heterocycles. The SMILES string of the molecule is Cc1nnnn1CCC(=O)N1CCCOc2cccc(c2)CCC2CCCCN2CC1. The number of amides is 1. The van der Waals surface area contributed by atoms with Crippen LogP contribution in [0.5, 0.6) is 5.75 Å². The van der Waals surface area contributed by atoms with Crippen molar-refractivity contribution in [2.45, 2.75) is 64.5 Å². The average molecular weight is 427 g/mol. The lowest BCUT2D eigenvalue weighted by Crippen LogP contribution is -2.45. The summed E-state index contributed by atoms with van der Waals surface area (Å²) in [7, 11) is 0. The zero-order chi connectivity index (χ0) is 21.5. The van der Waals surface area contributed by atoms with Gasteiger partial charge in [0.1, 0.15) is 11.6 Å². The number of hydrogen-bond donors (Lipinski definition) is 0. The number of piperidine rings is 1. The van der Waals surface area contributed by atoms with E-state index in [4.69, 9.17) is 4.74 Å². The summed E-state index contributed by atoms with van der Waals surface area (Å²) in [5, 5.41) is 11.5. The van der Waals surface area contributed by atoms with Gasteiger partial charge in [-0.25, -0.2) is 4.68 Å². The first-order valence-electron chi connectivity index (χ1n) is 11.7. The van der Waals surface area contributed by atoms with Crippen molar-refractivity contribution in [1.82, 2.24) is 30.0 Å². The Labute approximate surface area is 184 Å². The predicted molar refractivity (Wildman–Crippen MR) is 118 cm³/mol. The van der Waals surface area contributed by atoms with Crippen molar-refractivity contribution < 1.29 is 9.53 Å². The van der Waals surface area contributed by atoms with E-state index >= 15 is 0 Å². The summed E-state index contributed by atoms with van der Waals surface area (Å²) < 4.78 is 7.67. The molecule has 1 fully saturated rings. The number of benzene rings is 1. The highest BCUT2D eigenvalue weighted by Crippen LogP contribution is 2.23. The molecule has 2 aromatic rings. The number of nitrogens with zero attached hydrogens (tertiary/aromatic N) is 6. The van der Waals surface area contributed by atoms with Gasteiger partial charge in [-0.05, 0) is 73.7 Å². The Morgan fingerprint density at radius 3 is 2.94 bits per heavy atom. The normalized spacial score (nSPS) is 21.1. The minimum absolute atomic E-state index is 0.164. The molecule has 1 atom stereocenters. The van der Waals surface area contributed by atoms with Gasteiger partial charge in [0.25, 0.3) is 0 Å². The molecule has 1 unspecified atom stereocenters. The maximum Gasteiger partial charge on any atom is 0.224 e. The zero-order valence-corrected chi connectivity index (χ0v) is 18.6. The molecule has 0 aliphatic carbocycles. The minimum atomic E-state index is 0.164. The monoisotopic (exact) mass is 426 g/mol. The van der Waals surface area contributed by atoms with E-state index in [1.165, 1.54) is 24.8 Å². The van der Waals surface area contributed by atoms with E-state index in [1.54, 1.807) is 4.68 Å². The summed E-state index contributed by atoms with van der Waals surface area (Å²) in [5.41, 5.74) is 1.36. The van der Waals surface area contributed by atoms with Gasteiger partial charge in [0, 0.05) is 32.1 Å². The molecule has 0 radical (unpaired) electrons. The van der Waals surface area contributed by atoms with Crippen LogP contribution in [0.25, 0.3) is 0 Å². The zero-order valence-electron chi connectivity index (χ0n) is 18.6. The van der Waals surface area contributed by atoms with E-state index in [-0.39, 0.29) is 5.91 Å². The molecule has 0 saturated carbocycles. The van der Waals surface area contributed by atoms with Crippen molar-refractivity contribution in [3.8, 4) is 5.75 Å². The van der Waals surface area contributed by atoms with Crippen molar-refractivity contribution in [1.29, 1.82) is 0 Å². The number of fused-ring (bicyclic) bond motifs is 3. The van der Waals surface area contributed by atoms with Crippen molar-refractivity contribution in [2.75, 3.05) is 32.8 Å². The van der Waals surface area contributed by atoms with Crippen LogP contribution in [0, 0.1) is 6.92 Å². The van der Waals surface area contributed by atoms with Crippen LogP contribution < -0.4 is 4.74 Å². The van der Waals surface area contributed by atoms with Crippen LogP contribution in [-0.2, 0) is 17.8 Å². The first-order chi connectivity index (χ1) is 15.2. The highest BCUT2D eigenvalue weighted by molar-refractivity contribution is 5.76. The average Bonchev–Trinajstić information content (AvgIpc) is 3.20. The molecule has 31 heavy (non-hydrogen) atoms. The summed E-state index contributed by atoms with van der Waals surface area (Å²) in [6, 6.07) is 9.10. The minimum Gasteiger partial charge on any atom is -0.494 e. The van der Waals surface area contributed by atoms with Crippen molar-refractivity contribution in [3.05, 3.63) is 35.7 Å². The van der Waals surface area contributed by atoms with E-state index in [9.17, 15) is 4.79 Å². The first kappa shape index (κ1) is 21.7. The molecule has 2 aliphatic rings. The lowest BCUT2D eigenvalue weighted by Gasteiger charge is -2.37. The first-order valence-corrected chi connectivity index (χ1v) is 11.7. The van der Waals surface area contributed by atoms with E-state index in [0.717, 1.165) is 50.5 Å². The summed E-state index contributed by atoms with van der Waals surface area (Å²) in [6.07, 6.45) is 7.29. The fraction of sp³-hybridized carbons (Fsp3) is 0.652. The van der Waals surface area contributed by atoms with Crippen LogP contribution in [0.2, 0.25) is 0 Å². The number of aromatic nitrogens is 4. The summed E-state index contributed by atoms with van der Waals surface area (Å²) in [6.45, 7) is 6.56. The van der Waals surface area contributed by atoms with E-state index in [2.05, 4.69) is 38.6 Å². The van der Waals surface area contributed by atoms with Crippen LogP contribution in [-0.4, -0.2) is 74.7 Å². The second kappa shape index (κ2) is 10.7. The molecule has 3 heterocycles. The van der Waals surface area contributed by atoms with Gasteiger partial charge in [-0.3, -0.25) is 9.69 Å². The van der Waals surface area contributed by atoms with Gasteiger partial charge >= 0.3 is 0 Å². The Bertz CT molecular complexity index is 854. The highest BCUT2D eigenvalue weighted by Gasteiger charge is 2.24. The molecule has 1 aromatic heterocycles. The molecule has 8 nitrogen and oxygen atoms in total. The smallest absolute Gasteiger partial charge is 0.224 e. The third kappa shape index (κ3) is 6.03. The van der Waals surface area contributed by atoms with E-state index in [1.807, 2.05) is 17.9 Å². The summed E-state index contributed by atoms with van der Waals surface area (Å²) in [5.74, 6) is 1.83. The number of tetrazole rings is 1. The Hall–Kier alpha value is -2.48. The Kier molecular flexibility index (Phi) is 7.51. The number of carbonyl (C=O) groups is 1. The largest absolute Gasteiger partial charge is 0.494 e. The molecule has 1 aromatic carbocycles. The molecule has 2 bridgehead atoms. The van der Waals surface area contributed by atoms with Crippen LogP contribution in [0.4, 0.5) is 0 Å². The number of aryl methyl sites for hydroxylation is 3. The number of ether oxygens (including phenoxy) is 1. The molecular formula is C23H34N6O2. The fourth-order valence-electron chi connectivity index (χ4n) is 4.68. The number of carbonyl (C=O) groups excluding carboxylic acids is 1. The second-order valence-electron chi connectivity index (χ2n) is 8.65. The molecule has 1 amide bonds. The fourth-order valence-corrected chi connectivity index (χ4v) is 4.68. The van der Waals surface area contributed by atoms with Gasteiger partial charge in [-0.15, -0.1) is 5.10 Å².